The Balaban J connectivity index is 1.34. The number of piperidine rings is 1. The molecule has 2 aliphatic heterocycles. The average Bonchev–Trinajstić information content (AvgIpc) is 3.64. The molecule has 6 heteroatoms. The number of rotatable bonds is 6. The summed E-state index contributed by atoms with van der Waals surface area (Å²) in [5.41, 5.74) is 3.66. The van der Waals surface area contributed by atoms with Crippen LogP contribution in [-0.4, -0.2) is 56.5 Å². The summed E-state index contributed by atoms with van der Waals surface area (Å²) in [6.07, 6.45) is 5.98. The maximum Gasteiger partial charge on any atom is 0.142 e. The molecule has 1 saturated carbocycles. The molecule has 1 aliphatic carbocycles. The van der Waals surface area contributed by atoms with E-state index in [1.165, 1.54) is 29.5 Å². The Morgan fingerprint density at radius 2 is 1.59 bits per heavy atom. The monoisotopic (exact) mass is 458 g/mol. The molecule has 0 spiro atoms. The van der Waals surface area contributed by atoms with Crippen LogP contribution < -0.4 is 14.5 Å². The van der Waals surface area contributed by atoms with Crippen molar-refractivity contribution < 1.29 is 9.47 Å². The van der Waals surface area contributed by atoms with Gasteiger partial charge in [-0.15, -0.1) is 0 Å². The van der Waals surface area contributed by atoms with Crippen LogP contribution in [0.5, 0.6) is 5.75 Å². The number of para-hydroxylation sites is 1. The van der Waals surface area contributed by atoms with Crippen LogP contribution >= 0.6 is 0 Å². The van der Waals surface area contributed by atoms with Gasteiger partial charge in [0.25, 0.3) is 0 Å². The molecule has 178 valence electrons. The highest BCUT2D eigenvalue weighted by atomic mass is 16.5. The van der Waals surface area contributed by atoms with Crippen molar-refractivity contribution in [1.82, 2.24) is 9.97 Å². The summed E-state index contributed by atoms with van der Waals surface area (Å²) in [5.74, 6) is 4.21. The molecule has 6 rings (SSSR count). The van der Waals surface area contributed by atoms with E-state index < -0.39 is 0 Å². The second-order valence-electron chi connectivity index (χ2n) is 9.95. The van der Waals surface area contributed by atoms with Gasteiger partial charge in [0.1, 0.15) is 17.4 Å². The molecule has 0 amide bonds. The number of benzene rings is 2. The summed E-state index contributed by atoms with van der Waals surface area (Å²) in [4.78, 5) is 15.2. The molecule has 6 nitrogen and oxygen atoms in total. The molecule has 1 unspecified atom stereocenters. The lowest BCUT2D eigenvalue weighted by Gasteiger charge is -2.35. The molecule has 1 aromatic heterocycles. The zero-order valence-electron chi connectivity index (χ0n) is 20.2. The molecule has 1 atom stereocenters. The van der Waals surface area contributed by atoms with E-state index in [4.69, 9.17) is 19.4 Å². The van der Waals surface area contributed by atoms with Gasteiger partial charge >= 0.3 is 0 Å². The summed E-state index contributed by atoms with van der Waals surface area (Å²) in [5, 5.41) is 1.21. The van der Waals surface area contributed by atoms with Gasteiger partial charge in [-0.25, -0.2) is 9.97 Å². The molecule has 0 radical (unpaired) electrons. The summed E-state index contributed by atoms with van der Waals surface area (Å²) >= 11 is 0. The molecule has 34 heavy (non-hydrogen) atoms. The zero-order valence-corrected chi connectivity index (χ0v) is 20.2. The largest absolute Gasteiger partial charge is 0.496 e. The van der Waals surface area contributed by atoms with Gasteiger partial charge in [0.2, 0.25) is 0 Å². The van der Waals surface area contributed by atoms with E-state index in [9.17, 15) is 0 Å². The molecule has 3 aliphatic rings. The Morgan fingerprint density at radius 1 is 0.794 bits per heavy atom. The Kier molecular flexibility index (Phi) is 5.77. The normalized spacial score (nSPS) is 21.4. The van der Waals surface area contributed by atoms with Crippen LogP contribution in [0, 0.1) is 0 Å². The Bertz CT molecular complexity index is 1170. The van der Waals surface area contributed by atoms with Crippen LogP contribution in [-0.2, 0) is 4.74 Å². The fourth-order valence-corrected chi connectivity index (χ4v) is 5.73. The number of aromatic nitrogens is 2. The fourth-order valence-electron chi connectivity index (χ4n) is 5.73. The van der Waals surface area contributed by atoms with E-state index in [0.29, 0.717) is 17.9 Å². The lowest BCUT2D eigenvalue weighted by molar-refractivity contribution is 0.121. The van der Waals surface area contributed by atoms with E-state index in [2.05, 4.69) is 52.3 Å². The lowest BCUT2D eigenvalue weighted by atomic mass is 9.88. The van der Waals surface area contributed by atoms with Gasteiger partial charge in [-0.3, -0.25) is 0 Å². The van der Waals surface area contributed by atoms with Crippen molar-refractivity contribution in [2.24, 2.45) is 0 Å². The Labute approximate surface area is 201 Å². The molecule has 2 saturated heterocycles. The third kappa shape index (κ3) is 3.98. The van der Waals surface area contributed by atoms with Crippen LogP contribution in [0.2, 0.25) is 0 Å². The Hall–Kier alpha value is -2.86. The van der Waals surface area contributed by atoms with Gasteiger partial charge in [-0.05, 0) is 61.8 Å². The SMILES string of the molecule is COc1ccccc1C1CCN(c2nc(C3CC3)nc3cccc(N4CCC(OC)C4)c23)CC1. The highest BCUT2D eigenvalue weighted by Gasteiger charge is 2.32. The molecule has 3 fully saturated rings. The minimum absolute atomic E-state index is 0.293. The van der Waals surface area contributed by atoms with Crippen molar-refractivity contribution >= 4 is 22.4 Å². The smallest absolute Gasteiger partial charge is 0.142 e. The van der Waals surface area contributed by atoms with Crippen LogP contribution in [0.3, 0.4) is 0 Å². The standard InChI is InChI=1S/C28H34N4O2/c1-33-21-14-17-32(18-21)24-8-5-7-23-26(24)28(30-27(29-23)20-10-11-20)31-15-12-19(13-16-31)22-6-3-4-9-25(22)34-2/h3-9,19-21H,10-18H2,1-2H3. The molecule has 0 bridgehead atoms. The summed E-state index contributed by atoms with van der Waals surface area (Å²) in [6.45, 7) is 3.93. The lowest BCUT2D eigenvalue weighted by Crippen LogP contribution is -2.34. The molecule has 0 N–H and O–H groups in total. The number of ether oxygens (including phenoxy) is 2. The van der Waals surface area contributed by atoms with Crippen molar-refractivity contribution in [2.75, 3.05) is 50.2 Å². The predicted molar refractivity (Wildman–Crippen MR) is 136 cm³/mol. The average molecular weight is 459 g/mol. The maximum absolute atomic E-state index is 5.66. The number of hydrogen-bond acceptors (Lipinski definition) is 6. The molecule has 3 aromatic rings. The summed E-state index contributed by atoms with van der Waals surface area (Å²) < 4.78 is 11.3. The first-order valence-electron chi connectivity index (χ1n) is 12.7. The second-order valence-corrected chi connectivity index (χ2v) is 9.95. The summed E-state index contributed by atoms with van der Waals surface area (Å²) in [7, 11) is 3.59. The van der Waals surface area contributed by atoms with Crippen molar-refractivity contribution in [1.29, 1.82) is 0 Å². The first kappa shape index (κ1) is 21.7. The number of nitrogens with zero attached hydrogens (tertiary/aromatic N) is 4. The van der Waals surface area contributed by atoms with Gasteiger partial charge < -0.3 is 19.3 Å². The van der Waals surface area contributed by atoms with Crippen LogP contribution in [0.1, 0.15) is 55.3 Å². The highest BCUT2D eigenvalue weighted by Crippen LogP contribution is 2.43. The van der Waals surface area contributed by atoms with E-state index in [-0.39, 0.29) is 0 Å². The predicted octanol–water partition coefficient (Wildman–Crippen LogP) is 5.12. The number of fused-ring (bicyclic) bond motifs is 1. The minimum atomic E-state index is 0.293. The van der Waals surface area contributed by atoms with Gasteiger partial charge in [-0.2, -0.15) is 0 Å². The maximum atomic E-state index is 5.66. The minimum Gasteiger partial charge on any atom is -0.496 e. The van der Waals surface area contributed by atoms with Crippen LogP contribution in [0.4, 0.5) is 11.5 Å². The van der Waals surface area contributed by atoms with Gasteiger partial charge in [0.05, 0.1) is 24.1 Å². The number of anilines is 2. The van der Waals surface area contributed by atoms with Crippen molar-refractivity contribution in [3.63, 3.8) is 0 Å². The first-order chi connectivity index (χ1) is 16.7. The third-order valence-corrected chi connectivity index (χ3v) is 7.83. The zero-order chi connectivity index (χ0) is 23.1. The van der Waals surface area contributed by atoms with Crippen molar-refractivity contribution in [3.05, 3.63) is 53.9 Å². The van der Waals surface area contributed by atoms with E-state index >= 15 is 0 Å². The summed E-state index contributed by atoms with van der Waals surface area (Å²) in [6, 6.07) is 15.0. The van der Waals surface area contributed by atoms with Gasteiger partial charge in [0, 0.05) is 44.9 Å². The number of hydrogen-bond donors (Lipinski definition) is 0. The molecular weight excluding hydrogens is 424 g/mol. The molecule has 2 aromatic carbocycles. The second kappa shape index (κ2) is 9.06. The van der Waals surface area contributed by atoms with Crippen molar-refractivity contribution in [3.8, 4) is 5.75 Å². The van der Waals surface area contributed by atoms with Gasteiger partial charge in [-0.1, -0.05) is 24.3 Å². The van der Waals surface area contributed by atoms with Gasteiger partial charge in [0.15, 0.2) is 0 Å². The van der Waals surface area contributed by atoms with E-state index in [1.54, 1.807) is 7.11 Å². The topological polar surface area (TPSA) is 50.7 Å². The van der Waals surface area contributed by atoms with Crippen LogP contribution in [0.25, 0.3) is 10.9 Å². The van der Waals surface area contributed by atoms with E-state index in [0.717, 1.165) is 68.3 Å². The quantitative estimate of drug-likeness (QED) is 0.511. The highest BCUT2D eigenvalue weighted by molar-refractivity contribution is 6.00. The third-order valence-electron chi connectivity index (χ3n) is 7.83. The molecule has 3 heterocycles. The first-order valence-corrected chi connectivity index (χ1v) is 12.7. The van der Waals surface area contributed by atoms with Crippen molar-refractivity contribution in [2.45, 2.75) is 50.0 Å². The number of methoxy groups -OCH3 is 2. The Morgan fingerprint density at radius 3 is 2.32 bits per heavy atom. The van der Waals surface area contributed by atoms with E-state index in [1.807, 2.05) is 7.11 Å². The fraction of sp³-hybridized carbons (Fsp3) is 0.500. The van der Waals surface area contributed by atoms with Crippen LogP contribution in [0.15, 0.2) is 42.5 Å². The molecular formula is C28H34N4O2.